The van der Waals surface area contributed by atoms with Crippen molar-refractivity contribution in [3.63, 3.8) is 0 Å². The average Bonchev–Trinajstić information content (AvgIpc) is 2.59. The van der Waals surface area contributed by atoms with Crippen LogP contribution in [0.25, 0.3) is 0 Å². The number of hydrogen-bond donors (Lipinski definition) is 0. The van der Waals surface area contributed by atoms with Crippen LogP contribution in [0.15, 0.2) is 18.2 Å². The van der Waals surface area contributed by atoms with Crippen molar-refractivity contribution >= 4 is 5.69 Å². The molecule has 0 aromatic heterocycles. The summed E-state index contributed by atoms with van der Waals surface area (Å²) >= 11 is 0. The maximum atomic E-state index is 6.07. The number of nitrogens with zero attached hydrogens (tertiary/aromatic N) is 1. The van der Waals surface area contributed by atoms with Crippen LogP contribution in [0.1, 0.15) is 84.1 Å². The van der Waals surface area contributed by atoms with Gasteiger partial charge in [0.1, 0.15) is 5.75 Å². The SMILES string of the molecule is CCCCCCOc1ccc2c(c1)N(C)C(C)(C)C1CCC(C)CC21. The molecular weight excluding hydrogens is 306 g/mol. The molecule has 2 heteroatoms. The molecule has 0 amide bonds. The highest BCUT2D eigenvalue weighted by atomic mass is 16.5. The Morgan fingerprint density at radius 2 is 1.96 bits per heavy atom. The van der Waals surface area contributed by atoms with Gasteiger partial charge in [-0.05, 0) is 62.5 Å². The molecule has 2 nitrogen and oxygen atoms in total. The molecule has 0 N–H and O–H groups in total. The molecule has 3 rings (SSSR count). The maximum Gasteiger partial charge on any atom is 0.121 e. The van der Waals surface area contributed by atoms with E-state index in [9.17, 15) is 0 Å². The summed E-state index contributed by atoms with van der Waals surface area (Å²) < 4.78 is 6.07. The molecule has 0 bridgehead atoms. The smallest absolute Gasteiger partial charge is 0.121 e. The monoisotopic (exact) mass is 343 g/mol. The fourth-order valence-corrected chi connectivity index (χ4v) is 5.07. The molecule has 1 aromatic carbocycles. The lowest BCUT2D eigenvalue weighted by Crippen LogP contribution is -2.54. The van der Waals surface area contributed by atoms with Gasteiger partial charge in [-0.3, -0.25) is 0 Å². The van der Waals surface area contributed by atoms with Gasteiger partial charge in [-0.25, -0.2) is 0 Å². The second-order valence-electron chi connectivity index (χ2n) is 8.97. The van der Waals surface area contributed by atoms with E-state index in [0.29, 0.717) is 5.92 Å². The van der Waals surface area contributed by atoms with Crippen molar-refractivity contribution in [1.29, 1.82) is 0 Å². The molecule has 1 saturated carbocycles. The Morgan fingerprint density at radius 3 is 2.72 bits per heavy atom. The molecule has 1 aromatic rings. The van der Waals surface area contributed by atoms with Crippen molar-refractivity contribution in [3.8, 4) is 5.75 Å². The van der Waals surface area contributed by atoms with Crippen LogP contribution in [0.2, 0.25) is 0 Å². The van der Waals surface area contributed by atoms with Crippen LogP contribution in [0, 0.1) is 11.8 Å². The normalized spacial score (nSPS) is 27.6. The Bertz CT molecular complexity index is 579. The zero-order valence-corrected chi connectivity index (χ0v) is 17.0. The maximum absolute atomic E-state index is 6.07. The number of rotatable bonds is 6. The second-order valence-corrected chi connectivity index (χ2v) is 8.97. The highest BCUT2D eigenvalue weighted by Gasteiger charge is 2.46. The molecule has 2 aliphatic rings. The summed E-state index contributed by atoms with van der Waals surface area (Å²) in [6.07, 6.45) is 9.10. The van der Waals surface area contributed by atoms with Gasteiger partial charge in [-0.2, -0.15) is 0 Å². The van der Waals surface area contributed by atoms with E-state index >= 15 is 0 Å². The summed E-state index contributed by atoms with van der Waals surface area (Å²) in [6, 6.07) is 6.87. The molecular formula is C23H37NO. The standard InChI is InChI=1S/C23H37NO/c1-6-7-8-9-14-25-18-11-12-19-20-15-17(2)10-13-21(20)23(3,4)24(5)22(19)16-18/h11-12,16-17,20-21H,6-10,13-15H2,1-5H3. The first kappa shape index (κ1) is 18.6. The third kappa shape index (κ3) is 3.68. The minimum Gasteiger partial charge on any atom is -0.494 e. The van der Waals surface area contributed by atoms with Crippen LogP contribution in [0.5, 0.6) is 5.75 Å². The zero-order chi connectivity index (χ0) is 18.0. The lowest BCUT2D eigenvalue weighted by molar-refractivity contribution is 0.156. The van der Waals surface area contributed by atoms with E-state index in [-0.39, 0.29) is 5.54 Å². The van der Waals surface area contributed by atoms with Crippen LogP contribution in [-0.2, 0) is 0 Å². The Morgan fingerprint density at radius 1 is 1.16 bits per heavy atom. The number of benzene rings is 1. The lowest BCUT2D eigenvalue weighted by atomic mass is 9.62. The molecule has 1 aliphatic heterocycles. The van der Waals surface area contributed by atoms with E-state index in [2.05, 4.69) is 57.8 Å². The average molecular weight is 344 g/mol. The fraction of sp³-hybridized carbons (Fsp3) is 0.739. The van der Waals surface area contributed by atoms with E-state index in [1.54, 1.807) is 5.56 Å². The van der Waals surface area contributed by atoms with Gasteiger partial charge in [-0.15, -0.1) is 0 Å². The van der Waals surface area contributed by atoms with Crippen LogP contribution < -0.4 is 9.64 Å². The highest BCUT2D eigenvalue weighted by Crippen LogP contribution is 2.54. The molecule has 0 radical (unpaired) electrons. The number of ether oxygens (including phenoxy) is 1. The van der Waals surface area contributed by atoms with Gasteiger partial charge in [0, 0.05) is 24.3 Å². The summed E-state index contributed by atoms with van der Waals surface area (Å²) in [7, 11) is 2.28. The second kappa shape index (κ2) is 7.60. The summed E-state index contributed by atoms with van der Waals surface area (Å²) in [4.78, 5) is 2.52. The van der Waals surface area contributed by atoms with Gasteiger partial charge < -0.3 is 9.64 Å². The third-order valence-corrected chi connectivity index (χ3v) is 6.91. The van der Waals surface area contributed by atoms with Gasteiger partial charge in [0.2, 0.25) is 0 Å². The van der Waals surface area contributed by atoms with Gasteiger partial charge in [-0.1, -0.05) is 45.6 Å². The van der Waals surface area contributed by atoms with Crippen molar-refractivity contribution in [2.24, 2.45) is 11.8 Å². The lowest BCUT2D eigenvalue weighted by Gasteiger charge is -2.54. The molecule has 0 saturated heterocycles. The Hall–Kier alpha value is -1.18. The van der Waals surface area contributed by atoms with Gasteiger partial charge >= 0.3 is 0 Å². The van der Waals surface area contributed by atoms with Crippen LogP contribution in [0.4, 0.5) is 5.69 Å². The molecule has 0 spiro atoms. The van der Waals surface area contributed by atoms with Gasteiger partial charge in [0.05, 0.1) is 6.61 Å². The Balaban J connectivity index is 1.79. The largest absolute Gasteiger partial charge is 0.494 e. The zero-order valence-electron chi connectivity index (χ0n) is 17.0. The molecule has 1 fully saturated rings. The number of hydrogen-bond acceptors (Lipinski definition) is 2. The van der Waals surface area contributed by atoms with Crippen molar-refractivity contribution < 1.29 is 4.74 Å². The Kier molecular flexibility index (Phi) is 5.65. The minimum atomic E-state index is 0.220. The predicted molar refractivity (Wildman–Crippen MR) is 108 cm³/mol. The van der Waals surface area contributed by atoms with Crippen molar-refractivity contribution in [2.75, 3.05) is 18.6 Å². The van der Waals surface area contributed by atoms with E-state index in [1.807, 2.05) is 0 Å². The first-order chi connectivity index (χ1) is 11.9. The number of anilines is 1. The first-order valence-corrected chi connectivity index (χ1v) is 10.5. The summed E-state index contributed by atoms with van der Waals surface area (Å²) in [5.41, 5.74) is 3.17. The quantitative estimate of drug-likeness (QED) is 0.555. The minimum absolute atomic E-state index is 0.220. The summed E-state index contributed by atoms with van der Waals surface area (Å²) in [5.74, 6) is 3.37. The highest BCUT2D eigenvalue weighted by molar-refractivity contribution is 5.62. The van der Waals surface area contributed by atoms with Crippen LogP contribution >= 0.6 is 0 Å². The van der Waals surface area contributed by atoms with Crippen molar-refractivity contribution in [1.82, 2.24) is 0 Å². The van der Waals surface area contributed by atoms with E-state index < -0.39 is 0 Å². The first-order valence-electron chi connectivity index (χ1n) is 10.5. The van der Waals surface area contributed by atoms with Gasteiger partial charge in [0.15, 0.2) is 0 Å². The molecule has 3 unspecified atom stereocenters. The summed E-state index contributed by atoms with van der Waals surface area (Å²) in [6.45, 7) is 10.4. The van der Waals surface area contributed by atoms with Crippen molar-refractivity contribution in [2.45, 2.75) is 84.1 Å². The molecule has 140 valence electrons. The number of fused-ring (bicyclic) bond motifs is 3. The summed E-state index contributed by atoms with van der Waals surface area (Å²) in [5, 5.41) is 0. The van der Waals surface area contributed by atoms with Gasteiger partial charge in [0.25, 0.3) is 0 Å². The van der Waals surface area contributed by atoms with Crippen LogP contribution in [0.3, 0.4) is 0 Å². The predicted octanol–water partition coefficient (Wildman–Crippen LogP) is 6.39. The van der Waals surface area contributed by atoms with E-state index in [0.717, 1.165) is 30.6 Å². The molecule has 1 heterocycles. The van der Waals surface area contributed by atoms with Crippen LogP contribution in [-0.4, -0.2) is 19.2 Å². The molecule has 3 atom stereocenters. The molecule has 25 heavy (non-hydrogen) atoms. The third-order valence-electron chi connectivity index (χ3n) is 6.91. The van der Waals surface area contributed by atoms with E-state index in [1.165, 1.54) is 44.2 Å². The number of unbranched alkanes of at least 4 members (excludes halogenated alkanes) is 3. The van der Waals surface area contributed by atoms with Crippen molar-refractivity contribution in [3.05, 3.63) is 23.8 Å². The Labute approximate surface area is 154 Å². The van der Waals surface area contributed by atoms with E-state index in [4.69, 9.17) is 4.74 Å². The topological polar surface area (TPSA) is 12.5 Å². The fourth-order valence-electron chi connectivity index (χ4n) is 5.07. The molecule has 1 aliphatic carbocycles.